The number of carbonyl (C=O) groups is 3. The second-order valence-electron chi connectivity index (χ2n) is 8.36. The molecule has 2 aromatic rings. The molecule has 1 unspecified atom stereocenters. The summed E-state index contributed by atoms with van der Waals surface area (Å²) in [6.45, 7) is -0.0225. The van der Waals surface area contributed by atoms with Gasteiger partial charge in [-0.15, -0.1) is 0 Å². The molecule has 19 heteroatoms. The smallest absolute Gasteiger partial charge is 0.466 e. The van der Waals surface area contributed by atoms with Crippen LogP contribution in [0.1, 0.15) is 28.4 Å². The van der Waals surface area contributed by atoms with Crippen LogP contribution in [0.4, 0.5) is 5.69 Å². The first-order valence-corrected chi connectivity index (χ1v) is 14.1. The number of aliphatic hydroxyl groups excluding tert-OH is 1. The molecule has 0 aliphatic carbocycles. The maximum Gasteiger partial charge on any atom is 0.466 e. The molecule has 0 saturated carbocycles. The molecular weight excluding hydrogens is 657 g/mol. The lowest BCUT2D eigenvalue weighted by atomic mass is 10.0. The predicted octanol–water partition coefficient (Wildman–Crippen LogP) is 0.379. The van der Waals surface area contributed by atoms with Gasteiger partial charge in [0.15, 0.2) is 5.96 Å². The Kier molecular flexibility index (Phi) is 12.3. The first kappa shape index (κ1) is 33.8. The number of anilines is 1. The monoisotopic (exact) mass is 681 g/mol. The quantitative estimate of drug-likeness (QED) is 0.168. The highest BCUT2D eigenvalue weighted by molar-refractivity contribution is 9.10. The van der Waals surface area contributed by atoms with Gasteiger partial charge in [0.05, 0.1) is 36.1 Å². The van der Waals surface area contributed by atoms with Crippen LogP contribution in [0.5, 0.6) is 11.5 Å². The zero-order valence-electron chi connectivity index (χ0n) is 20.8. The maximum atomic E-state index is 12.6. The van der Waals surface area contributed by atoms with E-state index in [0.29, 0.717) is 18.2 Å². The summed E-state index contributed by atoms with van der Waals surface area (Å²) in [5.41, 5.74) is 0.475. The molecule has 3 rings (SSSR count). The molecule has 0 radical (unpaired) electrons. The van der Waals surface area contributed by atoms with Gasteiger partial charge >= 0.3 is 13.8 Å². The van der Waals surface area contributed by atoms with Crippen molar-refractivity contribution in [1.82, 2.24) is 16.0 Å². The Hall–Kier alpha value is -3.44. The lowest BCUT2D eigenvalue weighted by Gasteiger charge is -2.20. The van der Waals surface area contributed by atoms with Gasteiger partial charge in [-0.2, -0.15) is 0 Å². The fourth-order valence-electron chi connectivity index (χ4n) is 3.34. The molecule has 1 heterocycles. The molecule has 1 aliphatic rings. The van der Waals surface area contributed by atoms with Crippen LogP contribution in [-0.4, -0.2) is 84.6 Å². The van der Waals surface area contributed by atoms with E-state index in [1.807, 2.05) is 0 Å². The molecule has 0 fully saturated rings. The van der Waals surface area contributed by atoms with Crippen LogP contribution < -0.4 is 21.3 Å². The summed E-state index contributed by atoms with van der Waals surface area (Å²) in [6.07, 6.45) is -1.15. The lowest BCUT2D eigenvalue weighted by molar-refractivity contribution is -0.137. The number of nitrogens with zero attached hydrogens (tertiary/aromatic N) is 1. The second kappa shape index (κ2) is 15.0. The summed E-state index contributed by atoms with van der Waals surface area (Å²) in [6, 6.07) is 5.62. The standard InChI is InChI=1S/C22H23BrClN5O7.H3O4P/c23-16-4-11(24)3-15(20(16)35)17(6-19(33)34)29-18(32)9-25-21(36)10-1-12(5-13(30)2-10)28-22-26-7-14(31)8-27-22;1-5(2,3)4/h1-5,14,17,30-31,35H,6-9H2,(H,25,36)(H,29,32)(H,33,34)(H2,26,27,28);(H3,1,2,3,4)/t17-;/m0./s1. The third kappa shape index (κ3) is 12.3. The number of hydrogen-bond donors (Lipinski definition) is 11. The van der Waals surface area contributed by atoms with Crippen molar-refractivity contribution in [2.75, 3.05) is 25.0 Å². The minimum absolute atomic E-state index is 0.0419. The number of halogens is 2. The molecule has 2 aromatic carbocycles. The number of aliphatic imine (C=N–C) groups is 1. The van der Waals surface area contributed by atoms with E-state index in [9.17, 15) is 34.8 Å². The molecule has 1 aliphatic heterocycles. The number of amides is 2. The van der Waals surface area contributed by atoms with Crippen LogP contribution in [-0.2, 0) is 14.2 Å². The molecule has 11 N–H and O–H groups in total. The van der Waals surface area contributed by atoms with Crippen molar-refractivity contribution in [3.05, 3.63) is 51.0 Å². The second-order valence-corrected chi connectivity index (χ2v) is 10.7. The van der Waals surface area contributed by atoms with Crippen LogP contribution in [0, 0.1) is 0 Å². The number of nitrogens with one attached hydrogen (secondary N) is 4. The Balaban J connectivity index is 0.00000108. The summed E-state index contributed by atoms with van der Waals surface area (Å²) in [7, 11) is -4.64. The Morgan fingerprint density at radius 1 is 1.15 bits per heavy atom. The van der Waals surface area contributed by atoms with Gasteiger partial charge in [-0.05, 0) is 40.2 Å². The van der Waals surface area contributed by atoms with Gasteiger partial charge in [0.2, 0.25) is 5.91 Å². The number of carboxylic acids is 1. The number of benzene rings is 2. The van der Waals surface area contributed by atoms with Gasteiger partial charge in [0, 0.05) is 34.4 Å². The number of aromatic hydroxyl groups is 2. The van der Waals surface area contributed by atoms with Crippen LogP contribution in [0.2, 0.25) is 5.02 Å². The summed E-state index contributed by atoms with van der Waals surface area (Å²) in [4.78, 5) is 62.1. The zero-order chi connectivity index (χ0) is 30.9. The van der Waals surface area contributed by atoms with E-state index in [2.05, 4.69) is 42.2 Å². The van der Waals surface area contributed by atoms with Gasteiger partial charge in [-0.25, -0.2) is 4.57 Å². The van der Waals surface area contributed by atoms with Crippen LogP contribution in [0.15, 0.2) is 39.8 Å². The largest absolute Gasteiger partial charge is 0.508 e. The van der Waals surface area contributed by atoms with Gasteiger partial charge in [0.25, 0.3) is 5.91 Å². The van der Waals surface area contributed by atoms with E-state index in [4.69, 9.17) is 30.8 Å². The van der Waals surface area contributed by atoms with Crippen LogP contribution in [0.25, 0.3) is 0 Å². The highest BCUT2D eigenvalue weighted by Gasteiger charge is 2.23. The number of aliphatic hydroxyl groups is 1. The molecule has 0 saturated heterocycles. The Morgan fingerprint density at radius 2 is 1.80 bits per heavy atom. The molecule has 0 bridgehead atoms. The van der Waals surface area contributed by atoms with Crippen molar-refractivity contribution in [3.8, 4) is 11.5 Å². The predicted molar refractivity (Wildman–Crippen MR) is 149 cm³/mol. The van der Waals surface area contributed by atoms with E-state index in [0.717, 1.165) is 0 Å². The number of β-amino-alcohol motifs (C(OH)–C–C–N with tert-alkyl or cyclic N) is 1. The average molecular weight is 683 g/mol. The molecule has 0 spiro atoms. The number of rotatable bonds is 8. The van der Waals surface area contributed by atoms with Crippen LogP contribution in [0.3, 0.4) is 0 Å². The number of phenols is 2. The van der Waals surface area contributed by atoms with Gasteiger partial charge in [-0.1, -0.05) is 11.6 Å². The molecule has 41 heavy (non-hydrogen) atoms. The Labute approximate surface area is 245 Å². The van der Waals surface area contributed by atoms with Crippen molar-refractivity contribution in [2.24, 2.45) is 4.99 Å². The molecule has 2 amide bonds. The fourth-order valence-corrected chi connectivity index (χ4v) is 4.17. The van der Waals surface area contributed by atoms with E-state index in [1.165, 1.54) is 30.3 Å². The van der Waals surface area contributed by atoms with Gasteiger partial charge in [-0.3, -0.25) is 19.4 Å². The van der Waals surface area contributed by atoms with Crippen molar-refractivity contribution >= 4 is 64.8 Å². The van der Waals surface area contributed by atoms with Gasteiger partial charge in [0.1, 0.15) is 11.5 Å². The third-order valence-electron chi connectivity index (χ3n) is 4.96. The number of phenolic OH excluding ortho intramolecular Hbond substituents is 2. The molecule has 2 atom stereocenters. The van der Waals surface area contributed by atoms with Crippen LogP contribution >= 0.6 is 35.4 Å². The number of hydrogen-bond acceptors (Lipinski definition) is 10. The first-order valence-electron chi connectivity index (χ1n) is 11.3. The third-order valence-corrected chi connectivity index (χ3v) is 5.79. The molecular formula is C22H26BrClN5O11P. The number of carboxylic acid groups (broad SMARTS) is 1. The van der Waals surface area contributed by atoms with Crippen molar-refractivity contribution in [3.63, 3.8) is 0 Å². The van der Waals surface area contributed by atoms with Gasteiger partial charge < -0.3 is 56.4 Å². The molecule has 16 nitrogen and oxygen atoms in total. The highest BCUT2D eigenvalue weighted by atomic mass is 79.9. The maximum absolute atomic E-state index is 12.6. The SMILES string of the molecule is O=C(O)C[C@H](NC(=O)CNC(=O)c1cc(O)cc(NC2=NCC(O)CN2)c1)c1cc(Cl)cc(Br)c1O.O=P(O)(O)O. The van der Waals surface area contributed by atoms with E-state index < -0.39 is 50.7 Å². The zero-order valence-corrected chi connectivity index (χ0v) is 24.0. The normalized spacial score (nSPS) is 15.3. The first-order chi connectivity index (χ1) is 19.0. The number of carbonyl (C=O) groups excluding carboxylic acids is 2. The Bertz CT molecular complexity index is 1370. The molecule has 0 aromatic heterocycles. The Morgan fingerprint density at radius 3 is 2.39 bits per heavy atom. The summed E-state index contributed by atoms with van der Waals surface area (Å²) in [5, 5.41) is 49.8. The summed E-state index contributed by atoms with van der Waals surface area (Å²) < 4.78 is 9.11. The minimum atomic E-state index is -4.64. The average Bonchev–Trinajstić information content (AvgIpc) is 2.84. The van der Waals surface area contributed by atoms with E-state index >= 15 is 0 Å². The number of guanidine groups is 1. The highest BCUT2D eigenvalue weighted by Crippen LogP contribution is 2.36. The topological polar surface area (TPSA) is 270 Å². The molecule has 224 valence electrons. The van der Waals surface area contributed by atoms with E-state index in [1.54, 1.807) is 0 Å². The van der Waals surface area contributed by atoms with Crippen molar-refractivity contribution in [2.45, 2.75) is 18.6 Å². The fraction of sp³-hybridized carbons (Fsp3) is 0.273. The number of aliphatic carboxylic acids is 1. The number of phosphoric acid groups is 1. The minimum Gasteiger partial charge on any atom is -0.508 e. The summed E-state index contributed by atoms with van der Waals surface area (Å²) in [5.74, 6) is -2.76. The van der Waals surface area contributed by atoms with Crippen molar-refractivity contribution < 1.29 is 54.1 Å². The van der Waals surface area contributed by atoms with E-state index in [-0.39, 0.29) is 38.7 Å². The lowest BCUT2D eigenvalue weighted by Crippen LogP contribution is -2.42. The summed E-state index contributed by atoms with van der Waals surface area (Å²) >= 11 is 9.12. The van der Waals surface area contributed by atoms with Crippen molar-refractivity contribution in [1.29, 1.82) is 0 Å².